The van der Waals surface area contributed by atoms with E-state index in [4.69, 9.17) is 9.84 Å². The van der Waals surface area contributed by atoms with Crippen LogP contribution in [0.15, 0.2) is 48.8 Å². The van der Waals surface area contributed by atoms with E-state index in [1.165, 1.54) is 18.3 Å². The van der Waals surface area contributed by atoms with Crippen LogP contribution in [0.3, 0.4) is 0 Å². The standard InChI is InChI=1S/C22H21F3N4O3/c23-22(24,25)18-12-27-20(28-18)16-3-6-19(26-11-16)29-9-7-14(8-10-29)13-32-17-4-1-15(2-5-17)21(30)31/h1-6,11-12,14H,7-10,13H2,(H,27,28)(H,30,31). The first-order chi connectivity index (χ1) is 15.3. The molecule has 0 saturated carbocycles. The minimum atomic E-state index is -4.46. The number of aromatic amines is 1. The summed E-state index contributed by atoms with van der Waals surface area (Å²) in [7, 11) is 0. The van der Waals surface area contributed by atoms with Gasteiger partial charge in [0.05, 0.1) is 18.4 Å². The molecule has 0 atom stereocenters. The molecule has 3 heterocycles. The lowest BCUT2D eigenvalue weighted by Gasteiger charge is -2.32. The summed E-state index contributed by atoms with van der Waals surface area (Å²) in [5.41, 5.74) is -0.183. The Kier molecular flexibility index (Phi) is 6.02. The van der Waals surface area contributed by atoms with Crippen LogP contribution in [0.2, 0.25) is 0 Å². The van der Waals surface area contributed by atoms with E-state index in [1.54, 1.807) is 24.3 Å². The van der Waals surface area contributed by atoms with Crippen molar-refractivity contribution in [2.45, 2.75) is 19.0 Å². The molecule has 3 aromatic rings. The van der Waals surface area contributed by atoms with Crippen LogP contribution in [0.1, 0.15) is 28.9 Å². The van der Waals surface area contributed by atoms with E-state index in [1.807, 2.05) is 0 Å². The SMILES string of the molecule is O=C(O)c1ccc(OCC2CCN(c3ccc(-c4ncc(C(F)(F)F)[nH]4)cn3)CC2)cc1. The highest BCUT2D eigenvalue weighted by molar-refractivity contribution is 5.87. The average Bonchev–Trinajstić information content (AvgIpc) is 3.30. The zero-order chi connectivity index (χ0) is 22.7. The first-order valence-corrected chi connectivity index (χ1v) is 10.1. The molecule has 1 saturated heterocycles. The van der Waals surface area contributed by atoms with E-state index in [0.29, 0.717) is 23.8 Å². The number of hydrogen-bond donors (Lipinski definition) is 2. The van der Waals surface area contributed by atoms with E-state index in [0.717, 1.165) is 37.9 Å². The van der Waals surface area contributed by atoms with Crippen molar-refractivity contribution in [3.8, 4) is 17.1 Å². The van der Waals surface area contributed by atoms with Crippen molar-refractivity contribution in [1.29, 1.82) is 0 Å². The second-order valence-corrected chi connectivity index (χ2v) is 7.62. The van der Waals surface area contributed by atoms with Gasteiger partial charge in [-0.1, -0.05) is 0 Å². The molecule has 7 nitrogen and oxygen atoms in total. The van der Waals surface area contributed by atoms with Crippen LogP contribution in [0.4, 0.5) is 19.0 Å². The number of alkyl halides is 3. The number of carboxylic acids is 1. The van der Waals surface area contributed by atoms with Gasteiger partial charge in [-0.25, -0.2) is 14.8 Å². The lowest BCUT2D eigenvalue weighted by Crippen LogP contribution is -2.36. The van der Waals surface area contributed by atoms with Gasteiger partial charge in [-0.3, -0.25) is 0 Å². The summed E-state index contributed by atoms with van der Waals surface area (Å²) in [4.78, 5) is 23.5. The van der Waals surface area contributed by atoms with Crippen LogP contribution in [0, 0.1) is 5.92 Å². The van der Waals surface area contributed by atoms with Gasteiger partial charge in [-0.2, -0.15) is 13.2 Å². The number of aromatic nitrogens is 3. The summed E-state index contributed by atoms with van der Waals surface area (Å²) in [6, 6.07) is 9.83. The Bertz CT molecular complexity index is 1060. The maximum absolute atomic E-state index is 12.7. The van der Waals surface area contributed by atoms with Crippen LogP contribution < -0.4 is 9.64 Å². The quantitative estimate of drug-likeness (QED) is 0.580. The van der Waals surface area contributed by atoms with Crippen molar-refractivity contribution in [3.05, 3.63) is 60.0 Å². The molecule has 1 aliphatic rings. The maximum Gasteiger partial charge on any atom is 0.432 e. The predicted molar refractivity (Wildman–Crippen MR) is 111 cm³/mol. The Hall–Kier alpha value is -3.56. The maximum atomic E-state index is 12.7. The summed E-state index contributed by atoms with van der Waals surface area (Å²) in [5.74, 6) is 0.930. The third kappa shape index (κ3) is 5.01. The first-order valence-electron chi connectivity index (χ1n) is 10.1. The minimum absolute atomic E-state index is 0.128. The summed E-state index contributed by atoms with van der Waals surface area (Å²) in [6.07, 6.45) is -0.358. The van der Waals surface area contributed by atoms with Crippen molar-refractivity contribution in [3.63, 3.8) is 0 Å². The number of pyridine rings is 1. The number of benzene rings is 1. The molecular weight excluding hydrogens is 425 g/mol. The van der Waals surface area contributed by atoms with Crippen molar-refractivity contribution >= 4 is 11.8 Å². The Morgan fingerprint density at radius 1 is 1.09 bits per heavy atom. The lowest BCUT2D eigenvalue weighted by molar-refractivity contribution is -0.140. The highest BCUT2D eigenvalue weighted by Gasteiger charge is 2.33. The third-order valence-corrected chi connectivity index (χ3v) is 5.43. The Morgan fingerprint density at radius 3 is 2.38 bits per heavy atom. The lowest BCUT2D eigenvalue weighted by atomic mass is 9.98. The summed E-state index contributed by atoms with van der Waals surface area (Å²) >= 11 is 0. The van der Waals surface area contributed by atoms with Gasteiger partial charge in [0, 0.05) is 24.8 Å². The fourth-order valence-corrected chi connectivity index (χ4v) is 3.56. The number of hydrogen-bond acceptors (Lipinski definition) is 5. The van der Waals surface area contributed by atoms with Gasteiger partial charge in [0.1, 0.15) is 23.1 Å². The van der Waals surface area contributed by atoms with Gasteiger partial charge in [0.2, 0.25) is 0 Å². The smallest absolute Gasteiger partial charge is 0.432 e. The van der Waals surface area contributed by atoms with E-state index in [2.05, 4.69) is 19.9 Å². The Labute approximate surface area is 181 Å². The van der Waals surface area contributed by atoms with E-state index >= 15 is 0 Å². The minimum Gasteiger partial charge on any atom is -0.493 e. The highest BCUT2D eigenvalue weighted by atomic mass is 19.4. The molecule has 168 valence electrons. The zero-order valence-electron chi connectivity index (χ0n) is 17.0. The molecule has 1 aliphatic heterocycles. The third-order valence-electron chi connectivity index (χ3n) is 5.43. The molecule has 2 aromatic heterocycles. The topological polar surface area (TPSA) is 91.3 Å². The molecule has 0 amide bonds. The number of H-pyrrole nitrogens is 1. The molecule has 0 unspecified atom stereocenters. The Morgan fingerprint density at radius 2 is 1.81 bits per heavy atom. The molecule has 0 bridgehead atoms. The summed E-state index contributed by atoms with van der Waals surface area (Å²) in [6.45, 7) is 2.13. The Balaban J connectivity index is 1.28. The fraction of sp³-hybridized carbons (Fsp3) is 0.318. The number of piperidine rings is 1. The van der Waals surface area contributed by atoms with Crippen molar-refractivity contribution in [2.24, 2.45) is 5.92 Å². The molecule has 0 spiro atoms. The normalized spacial score (nSPS) is 15.0. The second kappa shape index (κ2) is 8.89. The number of halogens is 3. The number of aromatic carboxylic acids is 1. The van der Waals surface area contributed by atoms with Crippen molar-refractivity contribution < 1.29 is 27.8 Å². The van der Waals surface area contributed by atoms with Crippen LogP contribution in [-0.2, 0) is 6.18 Å². The van der Waals surface area contributed by atoms with Crippen LogP contribution in [0.25, 0.3) is 11.4 Å². The molecule has 1 aromatic carbocycles. The molecular formula is C22H21F3N4O3. The van der Waals surface area contributed by atoms with Crippen molar-refractivity contribution in [1.82, 2.24) is 15.0 Å². The van der Waals surface area contributed by atoms with Gasteiger partial charge in [0.25, 0.3) is 0 Å². The number of imidazole rings is 1. The number of anilines is 1. The molecule has 2 N–H and O–H groups in total. The number of carbonyl (C=O) groups is 1. The molecule has 10 heteroatoms. The number of carboxylic acid groups (broad SMARTS) is 1. The van der Waals surface area contributed by atoms with Gasteiger partial charge < -0.3 is 19.7 Å². The number of nitrogens with zero attached hydrogens (tertiary/aromatic N) is 3. The number of nitrogens with one attached hydrogen (secondary N) is 1. The van der Waals surface area contributed by atoms with E-state index < -0.39 is 17.8 Å². The van der Waals surface area contributed by atoms with Gasteiger partial charge >= 0.3 is 12.1 Å². The van der Waals surface area contributed by atoms with Crippen LogP contribution >= 0.6 is 0 Å². The second-order valence-electron chi connectivity index (χ2n) is 7.62. The fourth-order valence-electron chi connectivity index (χ4n) is 3.56. The zero-order valence-corrected chi connectivity index (χ0v) is 17.0. The number of rotatable bonds is 6. The van der Waals surface area contributed by atoms with Gasteiger partial charge in [0.15, 0.2) is 0 Å². The monoisotopic (exact) mass is 446 g/mol. The van der Waals surface area contributed by atoms with Crippen molar-refractivity contribution in [2.75, 3.05) is 24.6 Å². The van der Waals surface area contributed by atoms with Crippen LogP contribution in [-0.4, -0.2) is 45.7 Å². The van der Waals surface area contributed by atoms with Gasteiger partial charge in [-0.05, 0) is 55.2 Å². The van der Waals surface area contributed by atoms with E-state index in [-0.39, 0.29) is 11.4 Å². The molecule has 4 rings (SSSR count). The highest BCUT2D eigenvalue weighted by Crippen LogP contribution is 2.30. The molecule has 32 heavy (non-hydrogen) atoms. The first kappa shape index (κ1) is 21.7. The van der Waals surface area contributed by atoms with E-state index in [9.17, 15) is 18.0 Å². The molecule has 0 aliphatic carbocycles. The average molecular weight is 446 g/mol. The number of ether oxygens (including phenoxy) is 1. The van der Waals surface area contributed by atoms with Crippen LogP contribution in [0.5, 0.6) is 5.75 Å². The molecule has 1 fully saturated rings. The largest absolute Gasteiger partial charge is 0.493 e. The van der Waals surface area contributed by atoms with Gasteiger partial charge in [-0.15, -0.1) is 0 Å². The predicted octanol–water partition coefficient (Wildman–Crippen LogP) is 4.48. The summed E-state index contributed by atoms with van der Waals surface area (Å²) < 4.78 is 44.0. The molecule has 0 radical (unpaired) electrons. The summed E-state index contributed by atoms with van der Waals surface area (Å²) in [5, 5.41) is 8.94.